The molecule has 6 heteroatoms. The van der Waals surface area contributed by atoms with Gasteiger partial charge >= 0.3 is 0 Å². The molecule has 24 heavy (non-hydrogen) atoms. The average molecular weight is 355 g/mol. The minimum atomic E-state index is 0. The number of rotatable bonds is 5. The second-order valence-corrected chi connectivity index (χ2v) is 6.73. The Morgan fingerprint density at radius 1 is 1.38 bits per heavy atom. The summed E-state index contributed by atoms with van der Waals surface area (Å²) in [5, 5.41) is 3.43. The first-order valence-electron chi connectivity index (χ1n) is 8.46. The van der Waals surface area contributed by atoms with Crippen LogP contribution in [-0.2, 0) is 11.3 Å². The van der Waals surface area contributed by atoms with Gasteiger partial charge in [-0.2, -0.15) is 0 Å². The number of nitrogens with zero attached hydrogens (tertiary/aromatic N) is 1. The molecule has 134 valence electrons. The molecule has 1 amide bonds. The van der Waals surface area contributed by atoms with Crippen molar-refractivity contribution in [1.29, 1.82) is 0 Å². The lowest BCUT2D eigenvalue weighted by Gasteiger charge is -2.29. The third-order valence-electron chi connectivity index (χ3n) is 4.92. The predicted octanol–water partition coefficient (Wildman–Crippen LogP) is 2.82. The summed E-state index contributed by atoms with van der Waals surface area (Å²) in [6.45, 7) is 5.23. The standard InChI is InChI=1S/C18H26N2O3.ClH/c1-13(15-4-3-7-19-10-15)8-18(21)20(2)11-14-5-6-16-17(9-14)23-12-22-16;/h5-6,9,13,15,19H,3-4,7-8,10-12H2,1-2H3;1H. The molecule has 1 saturated heterocycles. The Morgan fingerprint density at radius 2 is 2.17 bits per heavy atom. The lowest BCUT2D eigenvalue weighted by molar-refractivity contribution is -0.131. The summed E-state index contributed by atoms with van der Waals surface area (Å²) in [4.78, 5) is 14.3. The van der Waals surface area contributed by atoms with Crippen LogP contribution in [-0.4, -0.2) is 37.7 Å². The van der Waals surface area contributed by atoms with Crippen LogP contribution in [0.4, 0.5) is 0 Å². The number of carbonyl (C=O) groups is 1. The molecule has 0 aromatic heterocycles. The Balaban J connectivity index is 0.00000208. The normalized spacial score (nSPS) is 20.2. The Bertz CT molecular complexity index is 561. The van der Waals surface area contributed by atoms with Crippen LogP contribution in [0.5, 0.6) is 11.5 Å². The first-order chi connectivity index (χ1) is 11.1. The van der Waals surface area contributed by atoms with Crippen LogP contribution in [0, 0.1) is 11.8 Å². The molecule has 1 N–H and O–H groups in total. The number of ether oxygens (including phenoxy) is 2. The van der Waals surface area contributed by atoms with E-state index in [9.17, 15) is 4.79 Å². The van der Waals surface area contributed by atoms with Gasteiger partial charge in [-0.3, -0.25) is 4.79 Å². The van der Waals surface area contributed by atoms with Crippen molar-refractivity contribution in [2.24, 2.45) is 11.8 Å². The van der Waals surface area contributed by atoms with Gasteiger partial charge in [0, 0.05) is 20.0 Å². The van der Waals surface area contributed by atoms with Gasteiger partial charge in [-0.1, -0.05) is 13.0 Å². The van der Waals surface area contributed by atoms with Crippen molar-refractivity contribution in [1.82, 2.24) is 10.2 Å². The molecule has 5 nitrogen and oxygen atoms in total. The number of halogens is 1. The quantitative estimate of drug-likeness (QED) is 0.883. The highest BCUT2D eigenvalue weighted by atomic mass is 35.5. The second kappa shape index (κ2) is 8.58. The van der Waals surface area contributed by atoms with Crippen molar-refractivity contribution in [3.63, 3.8) is 0 Å². The van der Waals surface area contributed by atoms with E-state index in [1.165, 1.54) is 12.8 Å². The SMILES string of the molecule is CC(CC(=O)N(C)Cc1ccc2c(c1)OCO2)C1CCCNC1.Cl. The maximum Gasteiger partial charge on any atom is 0.231 e. The molecule has 2 aliphatic heterocycles. The minimum Gasteiger partial charge on any atom is -0.454 e. The van der Waals surface area contributed by atoms with Crippen LogP contribution in [0.15, 0.2) is 18.2 Å². The summed E-state index contributed by atoms with van der Waals surface area (Å²) in [6.07, 6.45) is 3.07. The van der Waals surface area contributed by atoms with Crippen molar-refractivity contribution in [3.05, 3.63) is 23.8 Å². The summed E-state index contributed by atoms with van der Waals surface area (Å²) < 4.78 is 10.7. The highest BCUT2D eigenvalue weighted by molar-refractivity contribution is 5.85. The lowest BCUT2D eigenvalue weighted by Crippen LogP contribution is -2.36. The van der Waals surface area contributed by atoms with E-state index in [-0.39, 0.29) is 25.1 Å². The van der Waals surface area contributed by atoms with E-state index in [0.717, 1.165) is 30.2 Å². The first kappa shape index (κ1) is 18.9. The van der Waals surface area contributed by atoms with Crippen LogP contribution >= 0.6 is 12.4 Å². The van der Waals surface area contributed by atoms with E-state index in [0.29, 0.717) is 24.8 Å². The Kier molecular flexibility index (Phi) is 6.75. The summed E-state index contributed by atoms with van der Waals surface area (Å²) >= 11 is 0. The van der Waals surface area contributed by atoms with Crippen molar-refractivity contribution >= 4 is 18.3 Å². The minimum absolute atomic E-state index is 0. The molecule has 0 spiro atoms. The molecular weight excluding hydrogens is 328 g/mol. The maximum atomic E-state index is 12.5. The van der Waals surface area contributed by atoms with Crippen LogP contribution in [0.1, 0.15) is 31.7 Å². The van der Waals surface area contributed by atoms with Gasteiger partial charge in [0.15, 0.2) is 11.5 Å². The first-order valence-corrected chi connectivity index (χ1v) is 8.46. The zero-order chi connectivity index (χ0) is 16.2. The van der Waals surface area contributed by atoms with Crippen LogP contribution in [0.25, 0.3) is 0 Å². The summed E-state index contributed by atoms with van der Waals surface area (Å²) in [6, 6.07) is 5.86. The average Bonchev–Trinajstić information content (AvgIpc) is 3.03. The smallest absolute Gasteiger partial charge is 0.231 e. The van der Waals surface area contributed by atoms with Gasteiger partial charge in [0.05, 0.1) is 0 Å². The van der Waals surface area contributed by atoms with E-state index in [4.69, 9.17) is 9.47 Å². The van der Waals surface area contributed by atoms with Gasteiger partial charge in [0.1, 0.15) is 0 Å². The predicted molar refractivity (Wildman–Crippen MR) is 95.7 cm³/mol. The molecule has 0 radical (unpaired) electrons. The fraction of sp³-hybridized carbons (Fsp3) is 0.611. The highest BCUT2D eigenvalue weighted by Crippen LogP contribution is 2.32. The summed E-state index contributed by atoms with van der Waals surface area (Å²) in [5.74, 6) is 2.80. The molecule has 0 aliphatic carbocycles. The Morgan fingerprint density at radius 3 is 2.92 bits per heavy atom. The molecule has 2 unspecified atom stereocenters. The molecule has 0 saturated carbocycles. The molecule has 0 bridgehead atoms. The number of benzene rings is 1. The molecule has 2 atom stereocenters. The fourth-order valence-electron chi connectivity index (χ4n) is 3.36. The monoisotopic (exact) mass is 354 g/mol. The van der Waals surface area contributed by atoms with E-state index >= 15 is 0 Å². The number of fused-ring (bicyclic) bond motifs is 1. The van der Waals surface area contributed by atoms with Crippen molar-refractivity contribution in [2.75, 3.05) is 26.9 Å². The zero-order valence-electron chi connectivity index (χ0n) is 14.4. The van der Waals surface area contributed by atoms with Crippen molar-refractivity contribution < 1.29 is 14.3 Å². The maximum absolute atomic E-state index is 12.5. The third-order valence-corrected chi connectivity index (χ3v) is 4.92. The van der Waals surface area contributed by atoms with E-state index in [2.05, 4.69) is 12.2 Å². The highest BCUT2D eigenvalue weighted by Gasteiger charge is 2.23. The van der Waals surface area contributed by atoms with Gasteiger partial charge in [-0.15, -0.1) is 12.4 Å². The number of amides is 1. The molecule has 1 aromatic rings. The second-order valence-electron chi connectivity index (χ2n) is 6.73. The van der Waals surface area contributed by atoms with E-state index < -0.39 is 0 Å². The Hall–Kier alpha value is -1.46. The van der Waals surface area contributed by atoms with Crippen LogP contribution < -0.4 is 14.8 Å². The van der Waals surface area contributed by atoms with Gasteiger partial charge in [0.25, 0.3) is 0 Å². The number of piperidine rings is 1. The lowest BCUT2D eigenvalue weighted by atomic mass is 9.85. The molecule has 2 heterocycles. The number of nitrogens with one attached hydrogen (secondary N) is 1. The Labute approximate surface area is 150 Å². The van der Waals surface area contributed by atoms with Crippen LogP contribution in [0.2, 0.25) is 0 Å². The van der Waals surface area contributed by atoms with Crippen LogP contribution in [0.3, 0.4) is 0 Å². The molecule has 2 aliphatic rings. The molecule has 1 aromatic carbocycles. The van der Waals surface area contributed by atoms with Gasteiger partial charge < -0.3 is 19.7 Å². The number of hydrogen-bond donors (Lipinski definition) is 1. The number of hydrogen-bond acceptors (Lipinski definition) is 4. The van der Waals surface area contributed by atoms with Gasteiger partial charge in [-0.05, 0) is 55.5 Å². The summed E-state index contributed by atoms with van der Waals surface area (Å²) in [5.41, 5.74) is 1.07. The van der Waals surface area contributed by atoms with E-state index in [1.807, 2.05) is 30.1 Å². The zero-order valence-corrected chi connectivity index (χ0v) is 15.2. The van der Waals surface area contributed by atoms with E-state index in [1.54, 1.807) is 0 Å². The number of carbonyl (C=O) groups excluding carboxylic acids is 1. The summed E-state index contributed by atoms with van der Waals surface area (Å²) in [7, 11) is 1.87. The van der Waals surface area contributed by atoms with Crippen molar-refractivity contribution in [2.45, 2.75) is 32.7 Å². The topological polar surface area (TPSA) is 50.8 Å². The van der Waals surface area contributed by atoms with Gasteiger partial charge in [0.2, 0.25) is 12.7 Å². The fourth-order valence-corrected chi connectivity index (χ4v) is 3.36. The molecule has 1 fully saturated rings. The third kappa shape index (κ3) is 4.54. The van der Waals surface area contributed by atoms with Crippen molar-refractivity contribution in [3.8, 4) is 11.5 Å². The molecule has 3 rings (SSSR count). The van der Waals surface area contributed by atoms with Gasteiger partial charge in [-0.25, -0.2) is 0 Å². The molecular formula is C18H27ClN2O3. The largest absolute Gasteiger partial charge is 0.454 e.